The fraction of sp³-hybridized carbons (Fsp3) is 0.700. The maximum Gasteiger partial charge on any atom is 0.0631 e. The van der Waals surface area contributed by atoms with E-state index in [2.05, 4.69) is 5.10 Å². The second-order valence-electron chi connectivity index (χ2n) is 4.09. The summed E-state index contributed by atoms with van der Waals surface area (Å²) in [5, 5.41) is 4.37. The molecule has 14 heavy (non-hydrogen) atoms. The number of ether oxygens (including phenoxy) is 1. The molecule has 1 aliphatic heterocycles. The molecule has 0 aliphatic carbocycles. The molecule has 1 unspecified atom stereocenters. The van der Waals surface area contributed by atoms with Crippen LogP contribution >= 0.6 is 11.6 Å². The second kappa shape index (κ2) is 3.91. The topological polar surface area (TPSA) is 27.1 Å². The van der Waals surface area contributed by atoms with Gasteiger partial charge in [-0.05, 0) is 12.5 Å². The van der Waals surface area contributed by atoms with E-state index in [9.17, 15) is 0 Å². The van der Waals surface area contributed by atoms with Crippen LogP contribution in [0, 0.1) is 5.41 Å². The molecule has 1 aliphatic rings. The molecule has 1 aromatic rings. The lowest BCUT2D eigenvalue weighted by Crippen LogP contribution is -2.26. The zero-order valence-electron chi connectivity index (χ0n) is 8.37. The Kier molecular flexibility index (Phi) is 2.79. The Balaban J connectivity index is 2.08. The fourth-order valence-electron chi connectivity index (χ4n) is 1.88. The first-order valence-electron chi connectivity index (χ1n) is 4.86. The predicted octanol–water partition coefficient (Wildman–Crippen LogP) is 1.61. The van der Waals surface area contributed by atoms with Crippen LogP contribution in [0.15, 0.2) is 12.3 Å². The van der Waals surface area contributed by atoms with Gasteiger partial charge in [-0.2, -0.15) is 5.10 Å². The number of rotatable bonds is 3. The van der Waals surface area contributed by atoms with Gasteiger partial charge in [-0.1, -0.05) is 0 Å². The summed E-state index contributed by atoms with van der Waals surface area (Å²) in [5.74, 6) is 0.656. The molecule has 0 bridgehead atoms. The van der Waals surface area contributed by atoms with Gasteiger partial charge in [-0.3, -0.25) is 4.68 Å². The lowest BCUT2D eigenvalue weighted by molar-refractivity contribution is 0.160. The minimum Gasteiger partial charge on any atom is -0.381 e. The Morgan fingerprint density at radius 3 is 3.07 bits per heavy atom. The van der Waals surface area contributed by atoms with Crippen LogP contribution in [0.25, 0.3) is 0 Å². The van der Waals surface area contributed by atoms with Gasteiger partial charge < -0.3 is 4.74 Å². The van der Waals surface area contributed by atoms with E-state index in [0.717, 1.165) is 31.7 Å². The van der Waals surface area contributed by atoms with Crippen LogP contribution < -0.4 is 0 Å². The summed E-state index contributed by atoms with van der Waals surface area (Å²) >= 11 is 6.01. The smallest absolute Gasteiger partial charge is 0.0631 e. The third kappa shape index (κ3) is 1.93. The zero-order valence-corrected chi connectivity index (χ0v) is 9.13. The fourth-order valence-corrected chi connectivity index (χ4v) is 2.19. The summed E-state index contributed by atoms with van der Waals surface area (Å²) in [6.45, 7) is 1.60. The highest BCUT2D eigenvalue weighted by molar-refractivity contribution is 6.18. The Morgan fingerprint density at radius 2 is 2.57 bits per heavy atom. The minimum atomic E-state index is 0.121. The van der Waals surface area contributed by atoms with E-state index in [1.54, 1.807) is 0 Å². The van der Waals surface area contributed by atoms with Crippen LogP contribution in [0.1, 0.15) is 12.1 Å². The molecule has 0 amide bonds. The van der Waals surface area contributed by atoms with Crippen LogP contribution in [0.2, 0.25) is 0 Å². The highest BCUT2D eigenvalue weighted by Crippen LogP contribution is 2.33. The minimum absolute atomic E-state index is 0.121. The Labute approximate surface area is 89.0 Å². The SMILES string of the molecule is Cn1ccc(CC2(CCl)CCOC2)n1. The van der Waals surface area contributed by atoms with Gasteiger partial charge in [0.2, 0.25) is 0 Å². The Hall–Kier alpha value is -0.540. The summed E-state index contributed by atoms with van der Waals surface area (Å²) in [6, 6.07) is 2.05. The monoisotopic (exact) mass is 214 g/mol. The third-order valence-corrected chi connectivity index (χ3v) is 3.36. The number of alkyl halides is 1. The average molecular weight is 215 g/mol. The molecule has 0 radical (unpaired) electrons. The standard InChI is InChI=1S/C10H15ClN2O/c1-13-4-2-9(12-13)6-10(7-11)3-5-14-8-10/h2,4H,3,5-8H2,1H3. The Morgan fingerprint density at radius 1 is 1.71 bits per heavy atom. The van der Waals surface area contributed by atoms with Crippen molar-refractivity contribution >= 4 is 11.6 Å². The van der Waals surface area contributed by atoms with Gasteiger partial charge in [0.25, 0.3) is 0 Å². The van der Waals surface area contributed by atoms with Crippen molar-refractivity contribution in [1.82, 2.24) is 9.78 Å². The molecule has 1 aromatic heterocycles. The number of halogens is 1. The predicted molar refractivity (Wildman–Crippen MR) is 55.5 cm³/mol. The van der Waals surface area contributed by atoms with Crippen molar-refractivity contribution in [2.75, 3.05) is 19.1 Å². The molecule has 78 valence electrons. The van der Waals surface area contributed by atoms with Crippen molar-refractivity contribution in [3.8, 4) is 0 Å². The summed E-state index contributed by atoms with van der Waals surface area (Å²) in [6.07, 6.45) is 3.94. The lowest BCUT2D eigenvalue weighted by atomic mass is 9.85. The molecule has 0 saturated carbocycles. The number of nitrogens with zero attached hydrogens (tertiary/aromatic N) is 2. The first-order valence-corrected chi connectivity index (χ1v) is 5.40. The first kappa shape index (κ1) is 9.99. The van der Waals surface area contributed by atoms with Gasteiger partial charge in [0, 0.05) is 37.6 Å². The van der Waals surface area contributed by atoms with Crippen molar-refractivity contribution in [3.63, 3.8) is 0 Å². The van der Waals surface area contributed by atoms with E-state index in [4.69, 9.17) is 16.3 Å². The van der Waals surface area contributed by atoms with E-state index in [0.29, 0.717) is 5.88 Å². The molecule has 1 atom stereocenters. The summed E-state index contributed by atoms with van der Waals surface area (Å²) in [4.78, 5) is 0. The number of aryl methyl sites for hydroxylation is 1. The highest BCUT2D eigenvalue weighted by Gasteiger charge is 2.34. The zero-order chi connectivity index (χ0) is 10.0. The van der Waals surface area contributed by atoms with Crippen molar-refractivity contribution in [2.45, 2.75) is 12.8 Å². The van der Waals surface area contributed by atoms with Gasteiger partial charge in [0.05, 0.1) is 12.3 Å². The quantitative estimate of drug-likeness (QED) is 0.715. The molecule has 1 saturated heterocycles. The molecule has 3 nitrogen and oxygen atoms in total. The average Bonchev–Trinajstić information content (AvgIpc) is 2.77. The molecular formula is C10H15ClN2O. The van der Waals surface area contributed by atoms with E-state index in [-0.39, 0.29) is 5.41 Å². The summed E-state index contributed by atoms with van der Waals surface area (Å²) in [7, 11) is 1.93. The molecule has 0 N–H and O–H groups in total. The van der Waals surface area contributed by atoms with E-state index >= 15 is 0 Å². The number of aromatic nitrogens is 2. The van der Waals surface area contributed by atoms with Gasteiger partial charge >= 0.3 is 0 Å². The molecule has 0 aromatic carbocycles. The molecule has 0 spiro atoms. The highest BCUT2D eigenvalue weighted by atomic mass is 35.5. The normalized spacial score (nSPS) is 27.0. The molecule has 1 fully saturated rings. The molecule has 2 heterocycles. The number of hydrogen-bond acceptors (Lipinski definition) is 2. The first-order chi connectivity index (χ1) is 6.74. The van der Waals surface area contributed by atoms with Crippen molar-refractivity contribution in [2.24, 2.45) is 12.5 Å². The Bertz CT molecular complexity index is 305. The van der Waals surface area contributed by atoms with Gasteiger partial charge in [0.1, 0.15) is 0 Å². The van der Waals surface area contributed by atoms with Gasteiger partial charge in [-0.15, -0.1) is 11.6 Å². The maximum atomic E-state index is 6.01. The van der Waals surface area contributed by atoms with Crippen LogP contribution in [-0.4, -0.2) is 28.9 Å². The van der Waals surface area contributed by atoms with Gasteiger partial charge in [0.15, 0.2) is 0 Å². The third-order valence-electron chi connectivity index (χ3n) is 2.79. The van der Waals surface area contributed by atoms with E-state index in [1.807, 2.05) is 24.0 Å². The molecule has 2 rings (SSSR count). The summed E-state index contributed by atoms with van der Waals surface area (Å²) < 4.78 is 7.24. The summed E-state index contributed by atoms with van der Waals surface area (Å²) in [5.41, 5.74) is 1.23. The van der Waals surface area contributed by atoms with Gasteiger partial charge in [-0.25, -0.2) is 0 Å². The van der Waals surface area contributed by atoms with Crippen molar-refractivity contribution in [1.29, 1.82) is 0 Å². The van der Waals surface area contributed by atoms with Crippen LogP contribution in [0.4, 0.5) is 0 Å². The molecule has 4 heteroatoms. The maximum absolute atomic E-state index is 6.01. The number of hydrogen-bond donors (Lipinski definition) is 0. The lowest BCUT2D eigenvalue weighted by Gasteiger charge is -2.22. The van der Waals surface area contributed by atoms with Crippen molar-refractivity contribution in [3.05, 3.63) is 18.0 Å². The van der Waals surface area contributed by atoms with Crippen LogP contribution in [-0.2, 0) is 18.2 Å². The van der Waals surface area contributed by atoms with E-state index < -0.39 is 0 Å². The van der Waals surface area contributed by atoms with Crippen molar-refractivity contribution < 1.29 is 4.74 Å². The second-order valence-corrected chi connectivity index (χ2v) is 4.36. The van der Waals surface area contributed by atoms with Crippen LogP contribution in [0.3, 0.4) is 0 Å². The van der Waals surface area contributed by atoms with E-state index in [1.165, 1.54) is 0 Å². The largest absolute Gasteiger partial charge is 0.381 e. The molecular weight excluding hydrogens is 200 g/mol. The van der Waals surface area contributed by atoms with Crippen LogP contribution in [0.5, 0.6) is 0 Å².